The Hall–Kier alpha value is -1.51. The van der Waals surface area contributed by atoms with Crippen LogP contribution in [0.4, 0.5) is 5.69 Å². The predicted octanol–water partition coefficient (Wildman–Crippen LogP) is 2.76. The number of hydrogen-bond acceptors (Lipinski definition) is 1. The van der Waals surface area contributed by atoms with Crippen LogP contribution in [0.15, 0.2) is 18.2 Å². The zero-order valence-electron chi connectivity index (χ0n) is 5.50. The van der Waals surface area contributed by atoms with Crippen molar-refractivity contribution >= 4 is 17.3 Å². The Morgan fingerprint density at radius 3 is 2.82 bits per heavy atom. The smallest absolute Gasteiger partial charge is 0.206 e. The molecule has 0 unspecified atom stereocenters. The molecule has 0 N–H and O–H groups in total. The normalized spacial score (nSPS) is 8.27. The molecule has 3 heteroatoms. The van der Waals surface area contributed by atoms with Gasteiger partial charge in [0.05, 0.1) is 23.2 Å². The first-order valence-electron chi connectivity index (χ1n) is 2.85. The molecule has 11 heavy (non-hydrogen) atoms. The summed E-state index contributed by atoms with van der Waals surface area (Å²) in [5, 5.41) is 8.74. The summed E-state index contributed by atoms with van der Waals surface area (Å²) in [6.07, 6.45) is 0. The van der Waals surface area contributed by atoms with Crippen molar-refractivity contribution < 1.29 is 0 Å². The number of rotatable bonds is 0. The van der Waals surface area contributed by atoms with E-state index >= 15 is 0 Å². The minimum atomic E-state index is 0.241. The van der Waals surface area contributed by atoms with E-state index in [9.17, 15) is 0 Å². The van der Waals surface area contributed by atoms with Crippen LogP contribution in [0, 0.1) is 17.9 Å². The van der Waals surface area contributed by atoms with Crippen molar-refractivity contribution in [3.8, 4) is 6.07 Å². The maximum atomic E-state index is 8.50. The van der Waals surface area contributed by atoms with Crippen LogP contribution in [-0.4, -0.2) is 0 Å². The van der Waals surface area contributed by atoms with Gasteiger partial charge in [-0.25, -0.2) is 4.85 Å². The first-order chi connectivity index (χ1) is 5.29. The molecule has 1 aromatic carbocycles. The van der Waals surface area contributed by atoms with Gasteiger partial charge < -0.3 is 0 Å². The van der Waals surface area contributed by atoms with Crippen molar-refractivity contribution in [2.75, 3.05) is 0 Å². The van der Waals surface area contributed by atoms with E-state index in [1.54, 1.807) is 18.2 Å². The summed E-state index contributed by atoms with van der Waals surface area (Å²) in [5.41, 5.74) is 0.672. The lowest BCUT2D eigenvalue weighted by Crippen LogP contribution is -1.74. The molecule has 0 aromatic heterocycles. The van der Waals surface area contributed by atoms with Gasteiger partial charge in [0.15, 0.2) is 0 Å². The van der Waals surface area contributed by atoms with Crippen LogP contribution in [0.5, 0.6) is 0 Å². The SMILES string of the molecule is [C-]#[N+]c1cccc(C#N)c1Cl. The Kier molecular flexibility index (Phi) is 2.11. The minimum absolute atomic E-state index is 0.241. The number of nitriles is 1. The van der Waals surface area contributed by atoms with Crippen LogP contribution in [0.25, 0.3) is 4.85 Å². The minimum Gasteiger partial charge on any atom is -0.237 e. The molecular formula is C8H3ClN2. The third-order valence-corrected chi connectivity index (χ3v) is 1.62. The summed E-state index contributed by atoms with van der Waals surface area (Å²) >= 11 is 5.67. The third kappa shape index (κ3) is 1.32. The highest BCUT2D eigenvalue weighted by Gasteiger charge is 2.03. The molecule has 0 spiro atoms. The second-order valence-electron chi connectivity index (χ2n) is 1.86. The van der Waals surface area contributed by atoms with E-state index in [-0.39, 0.29) is 5.02 Å². The highest BCUT2D eigenvalue weighted by Crippen LogP contribution is 2.27. The maximum absolute atomic E-state index is 8.50. The highest BCUT2D eigenvalue weighted by molar-refractivity contribution is 6.34. The molecule has 0 aliphatic rings. The van der Waals surface area contributed by atoms with E-state index in [0.717, 1.165) is 0 Å². The molecule has 0 radical (unpaired) electrons. The zero-order valence-corrected chi connectivity index (χ0v) is 6.26. The Morgan fingerprint density at radius 1 is 1.55 bits per heavy atom. The average Bonchev–Trinajstić information content (AvgIpc) is 2.05. The van der Waals surface area contributed by atoms with Crippen molar-refractivity contribution in [2.45, 2.75) is 0 Å². The van der Waals surface area contributed by atoms with E-state index in [2.05, 4.69) is 4.85 Å². The summed E-state index contributed by atoms with van der Waals surface area (Å²) in [4.78, 5) is 3.15. The van der Waals surface area contributed by atoms with Gasteiger partial charge in [0, 0.05) is 0 Å². The quantitative estimate of drug-likeness (QED) is 0.539. The fraction of sp³-hybridized carbons (Fsp3) is 0. The molecule has 2 nitrogen and oxygen atoms in total. The largest absolute Gasteiger partial charge is 0.237 e. The molecule has 1 rings (SSSR count). The molecular weight excluding hydrogens is 160 g/mol. The number of benzene rings is 1. The standard InChI is InChI=1S/C8H3ClN2/c1-11-7-4-2-3-6(5-10)8(7)9/h2-4H. The third-order valence-electron chi connectivity index (χ3n) is 1.22. The summed E-state index contributed by atoms with van der Waals surface area (Å²) in [5.74, 6) is 0. The zero-order chi connectivity index (χ0) is 8.27. The van der Waals surface area contributed by atoms with E-state index in [1.807, 2.05) is 6.07 Å². The van der Waals surface area contributed by atoms with Gasteiger partial charge >= 0.3 is 0 Å². The maximum Gasteiger partial charge on any atom is 0.206 e. The van der Waals surface area contributed by atoms with E-state index < -0.39 is 0 Å². The lowest BCUT2D eigenvalue weighted by atomic mass is 10.2. The van der Waals surface area contributed by atoms with Crippen LogP contribution >= 0.6 is 11.6 Å². The van der Waals surface area contributed by atoms with Crippen molar-refractivity contribution in [1.29, 1.82) is 5.26 Å². The number of halogens is 1. The monoisotopic (exact) mass is 162 g/mol. The summed E-state index contributed by atoms with van der Waals surface area (Å²) in [7, 11) is 0. The molecule has 0 bridgehead atoms. The van der Waals surface area contributed by atoms with Gasteiger partial charge in [-0.2, -0.15) is 5.26 Å². The van der Waals surface area contributed by atoms with Crippen molar-refractivity contribution in [2.24, 2.45) is 0 Å². The van der Waals surface area contributed by atoms with Gasteiger partial charge in [0.1, 0.15) is 0 Å². The molecule has 52 valence electrons. The number of nitrogens with zero attached hydrogens (tertiary/aromatic N) is 2. The van der Waals surface area contributed by atoms with Gasteiger partial charge in [-0.15, -0.1) is 0 Å². The molecule has 0 aliphatic heterocycles. The van der Waals surface area contributed by atoms with Crippen LogP contribution < -0.4 is 0 Å². The molecule has 1 aromatic rings. The second-order valence-corrected chi connectivity index (χ2v) is 2.24. The highest BCUT2D eigenvalue weighted by atomic mass is 35.5. The van der Waals surface area contributed by atoms with Gasteiger partial charge in [-0.1, -0.05) is 23.7 Å². The molecule has 0 saturated heterocycles. The van der Waals surface area contributed by atoms with E-state index in [4.69, 9.17) is 23.4 Å². The summed E-state index contributed by atoms with van der Waals surface area (Å²) in [6, 6.07) is 6.69. The fourth-order valence-corrected chi connectivity index (χ4v) is 0.903. The summed E-state index contributed by atoms with van der Waals surface area (Å²) < 4.78 is 0. The van der Waals surface area contributed by atoms with Crippen LogP contribution in [0.3, 0.4) is 0 Å². The fourth-order valence-electron chi connectivity index (χ4n) is 0.692. The van der Waals surface area contributed by atoms with E-state index in [0.29, 0.717) is 11.3 Å². The molecule has 0 fully saturated rings. The Labute approximate surface area is 69.5 Å². The Bertz CT molecular complexity index is 325. The number of hydrogen-bond donors (Lipinski definition) is 0. The Balaban J connectivity index is 3.38. The first-order valence-corrected chi connectivity index (χ1v) is 3.23. The van der Waals surface area contributed by atoms with Crippen molar-refractivity contribution in [3.63, 3.8) is 0 Å². The van der Waals surface area contributed by atoms with E-state index in [1.165, 1.54) is 0 Å². The van der Waals surface area contributed by atoms with Gasteiger partial charge in [0.25, 0.3) is 0 Å². The molecule has 0 atom stereocenters. The van der Waals surface area contributed by atoms with Gasteiger partial charge in [-0.05, 0) is 6.07 Å². The predicted molar refractivity (Wildman–Crippen MR) is 42.4 cm³/mol. The second kappa shape index (κ2) is 3.05. The van der Waals surface area contributed by atoms with Crippen molar-refractivity contribution in [1.82, 2.24) is 0 Å². The molecule has 0 heterocycles. The molecule has 0 amide bonds. The lowest BCUT2D eigenvalue weighted by molar-refractivity contribution is 1.49. The lowest BCUT2D eigenvalue weighted by Gasteiger charge is -1.94. The molecule has 0 aliphatic carbocycles. The Morgan fingerprint density at radius 2 is 2.27 bits per heavy atom. The van der Waals surface area contributed by atoms with Crippen LogP contribution in [-0.2, 0) is 0 Å². The summed E-state index contributed by atoms with van der Waals surface area (Å²) in [6.45, 7) is 6.69. The average molecular weight is 163 g/mol. The van der Waals surface area contributed by atoms with Crippen LogP contribution in [0.2, 0.25) is 5.02 Å². The first kappa shape index (κ1) is 7.60. The van der Waals surface area contributed by atoms with Crippen molar-refractivity contribution in [3.05, 3.63) is 40.2 Å². The van der Waals surface area contributed by atoms with Gasteiger partial charge in [0.2, 0.25) is 5.69 Å². The van der Waals surface area contributed by atoms with Gasteiger partial charge in [-0.3, -0.25) is 0 Å². The topological polar surface area (TPSA) is 28.1 Å². The molecule has 0 saturated carbocycles. The van der Waals surface area contributed by atoms with Crippen LogP contribution in [0.1, 0.15) is 5.56 Å².